The predicted molar refractivity (Wildman–Crippen MR) is 67.1 cm³/mol. The zero-order valence-corrected chi connectivity index (χ0v) is 10.4. The van der Waals surface area contributed by atoms with Crippen LogP contribution in [0.4, 0.5) is 17.5 Å². The molecule has 0 aliphatic heterocycles. The summed E-state index contributed by atoms with van der Waals surface area (Å²) >= 11 is 0. The molecule has 1 rings (SSSR count). The molecule has 0 aliphatic carbocycles. The number of nitrogens with zero attached hydrogens (tertiary/aromatic N) is 3. The van der Waals surface area contributed by atoms with Crippen molar-refractivity contribution in [2.24, 2.45) is 5.41 Å². The normalized spacial score (nSPS) is 11.3. The van der Waals surface area contributed by atoms with E-state index in [1.807, 2.05) is 13.8 Å². The van der Waals surface area contributed by atoms with Crippen molar-refractivity contribution in [3.63, 3.8) is 0 Å². The van der Waals surface area contributed by atoms with E-state index in [1.165, 1.54) is 0 Å². The summed E-state index contributed by atoms with van der Waals surface area (Å²) in [4.78, 5) is 17.6. The summed E-state index contributed by atoms with van der Waals surface area (Å²) < 4.78 is 0. The molecular formula is C10H17N5O3. The van der Waals surface area contributed by atoms with E-state index in [0.717, 1.165) is 6.20 Å². The minimum Gasteiger partial charge on any atom is -0.396 e. The molecular weight excluding hydrogens is 238 g/mol. The minimum atomic E-state index is -0.569. The molecule has 4 N–H and O–H groups in total. The lowest BCUT2D eigenvalue weighted by atomic mass is 9.90. The van der Waals surface area contributed by atoms with Crippen LogP contribution in [0.25, 0.3) is 0 Å². The number of nitro groups is 1. The van der Waals surface area contributed by atoms with Crippen LogP contribution in [0, 0.1) is 15.5 Å². The number of nitrogens with one attached hydrogen (secondary N) is 1. The van der Waals surface area contributed by atoms with Gasteiger partial charge in [-0.15, -0.1) is 0 Å². The van der Waals surface area contributed by atoms with Crippen molar-refractivity contribution in [1.29, 1.82) is 0 Å². The number of rotatable bonds is 6. The van der Waals surface area contributed by atoms with E-state index in [4.69, 9.17) is 10.8 Å². The molecule has 18 heavy (non-hydrogen) atoms. The first-order valence-corrected chi connectivity index (χ1v) is 5.47. The van der Waals surface area contributed by atoms with Crippen LogP contribution in [-0.4, -0.2) is 33.1 Å². The number of nitrogen functional groups attached to an aromatic ring is 1. The first-order chi connectivity index (χ1) is 8.35. The van der Waals surface area contributed by atoms with E-state index < -0.39 is 4.92 Å². The number of aliphatic hydroxyl groups is 1. The predicted octanol–water partition coefficient (Wildman–Crippen LogP) is 0.788. The third-order valence-corrected chi connectivity index (χ3v) is 2.51. The number of anilines is 2. The van der Waals surface area contributed by atoms with E-state index in [1.54, 1.807) is 0 Å². The molecule has 1 heterocycles. The fourth-order valence-corrected chi connectivity index (χ4v) is 1.37. The molecule has 1 aromatic heterocycles. The van der Waals surface area contributed by atoms with Crippen LogP contribution in [0.5, 0.6) is 0 Å². The Bertz CT molecular complexity index is 436. The summed E-state index contributed by atoms with van der Waals surface area (Å²) in [6, 6.07) is 0. The molecule has 0 radical (unpaired) electrons. The molecule has 0 aliphatic rings. The van der Waals surface area contributed by atoms with Crippen molar-refractivity contribution in [3.05, 3.63) is 16.3 Å². The van der Waals surface area contributed by atoms with Crippen molar-refractivity contribution in [2.75, 3.05) is 24.2 Å². The third kappa shape index (κ3) is 3.81. The zero-order chi connectivity index (χ0) is 13.8. The minimum absolute atomic E-state index is 0.0249. The Morgan fingerprint density at radius 1 is 1.61 bits per heavy atom. The van der Waals surface area contributed by atoms with Gasteiger partial charge in [0.25, 0.3) is 0 Å². The highest BCUT2D eigenvalue weighted by molar-refractivity contribution is 5.56. The zero-order valence-electron chi connectivity index (χ0n) is 10.4. The second kappa shape index (κ2) is 5.58. The Morgan fingerprint density at radius 2 is 2.28 bits per heavy atom. The molecule has 0 saturated carbocycles. The maximum absolute atomic E-state index is 10.8. The average Bonchev–Trinajstić information content (AvgIpc) is 2.26. The van der Waals surface area contributed by atoms with Gasteiger partial charge in [-0.2, -0.15) is 4.98 Å². The van der Waals surface area contributed by atoms with Gasteiger partial charge in [-0.25, -0.2) is 4.98 Å². The molecule has 8 nitrogen and oxygen atoms in total. The van der Waals surface area contributed by atoms with Gasteiger partial charge in [-0.3, -0.25) is 10.1 Å². The highest BCUT2D eigenvalue weighted by Gasteiger charge is 2.21. The van der Waals surface area contributed by atoms with Crippen LogP contribution in [0.3, 0.4) is 0 Å². The third-order valence-electron chi connectivity index (χ3n) is 2.51. The van der Waals surface area contributed by atoms with E-state index in [9.17, 15) is 10.1 Å². The van der Waals surface area contributed by atoms with Crippen LogP contribution >= 0.6 is 0 Å². The highest BCUT2D eigenvalue weighted by atomic mass is 16.6. The Kier molecular flexibility index (Phi) is 4.38. The molecule has 0 amide bonds. The van der Waals surface area contributed by atoms with Crippen LogP contribution in [0.2, 0.25) is 0 Å². The topological polar surface area (TPSA) is 127 Å². The largest absolute Gasteiger partial charge is 0.396 e. The molecule has 0 atom stereocenters. The number of nitrogens with two attached hydrogens (primary N) is 1. The summed E-state index contributed by atoms with van der Waals surface area (Å²) in [5.74, 6) is 0.0709. The Balaban J connectivity index is 2.83. The van der Waals surface area contributed by atoms with E-state index in [0.29, 0.717) is 13.0 Å². The van der Waals surface area contributed by atoms with Gasteiger partial charge in [-0.1, -0.05) is 13.8 Å². The summed E-state index contributed by atoms with van der Waals surface area (Å²) in [7, 11) is 0. The summed E-state index contributed by atoms with van der Waals surface area (Å²) in [5.41, 5.74) is 4.98. The van der Waals surface area contributed by atoms with Gasteiger partial charge < -0.3 is 16.2 Å². The van der Waals surface area contributed by atoms with Gasteiger partial charge in [0.05, 0.1) is 4.92 Å². The lowest BCUT2D eigenvalue weighted by Gasteiger charge is -2.23. The average molecular weight is 255 g/mol. The first-order valence-electron chi connectivity index (χ1n) is 5.47. The second-order valence-corrected chi connectivity index (χ2v) is 4.71. The van der Waals surface area contributed by atoms with Gasteiger partial charge in [0.1, 0.15) is 6.20 Å². The molecule has 0 unspecified atom stereocenters. The Morgan fingerprint density at radius 3 is 2.83 bits per heavy atom. The van der Waals surface area contributed by atoms with E-state index >= 15 is 0 Å². The number of aromatic nitrogens is 2. The monoisotopic (exact) mass is 255 g/mol. The standard InChI is InChI=1S/C10H17N5O3/c1-10(2,3-4-16)6-13-8-7(15(17)18)5-12-9(11)14-8/h5,16H,3-4,6H2,1-2H3,(H3,11,12,13,14). The highest BCUT2D eigenvalue weighted by Crippen LogP contribution is 2.25. The number of hydrogen-bond donors (Lipinski definition) is 3. The van der Waals surface area contributed by atoms with Crippen molar-refractivity contribution in [3.8, 4) is 0 Å². The molecule has 8 heteroatoms. The van der Waals surface area contributed by atoms with Gasteiger partial charge in [-0.05, 0) is 11.8 Å². The van der Waals surface area contributed by atoms with Crippen LogP contribution in [-0.2, 0) is 0 Å². The van der Waals surface area contributed by atoms with Gasteiger partial charge in [0, 0.05) is 13.2 Å². The van der Waals surface area contributed by atoms with Gasteiger partial charge in [0.2, 0.25) is 11.8 Å². The molecule has 0 saturated heterocycles. The maximum Gasteiger partial charge on any atom is 0.329 e. The Hall–Kier alpha value is -1.96. The fraction of sp³-hybridized carbons (Fsp3) is 0.600. The summed E-state index contributed by atoms with van der Waals surface area (Å²) in [6.45, 7) is 4.37. The fourth-order valence-electron chi connectivity index (χ4n) is 1.37. The van der Waals surface area contributed by atoms with Crippen LogP contribution < -0.4 is 11.1 Å². The molecule has 1 aromatic rings. The quantitative estimate of drug-likeness (QED) is 0.506. The van der Waals surface area contributed by atoms with Crippen molar-refractivity contribution < 1.29 is 10.0 Å². The number of aliphatic hydroxyl groups excluding tert-OH is 1. The van der Waals surface area contributed by atoms with E-state index in [-0.39, 0.29) is 29.5 Å². The van der Waals surface area contributed by atoms with Crippen LogP contribution in [0.15, 0.2) is 6.20 Å². The molecule has 0 aromatic carbocycles. The molecule has 0 bridgehead atoms. The smallest absolute Gasteiger partial charge is 0.329 e. The van der Waals surface area contributed by atoms with Crippen molar-refractivity contribution in [2.45, 2.75) is 20.3 Å². The first kappa shape index (κ1) is 14.1. The molecule has 0 fully saturated rings. The summed E-state index contributed by atoms with van der Waals surface area (Å²) in [5, 5.41) is 22.6. The summed E-state index contributed by atoms with van der Waals surface area (Å²) in [6.07, 6.45) is 1.65. The van der Waals surface area contributed by atoms with E-state index in [2.05, 4.69) is 15.3 Å². The SMILES string of the molecule is CC(C)(CCO)CNc1nc(N)ncc1[N+](=O)[O-]. The molecule has 100 valence electrons. The van der Waals surface area contributed by atoms with Crippen LogP contribution in [0.1, 0.15) is 20.3 Å². The maximum atomic E-state index is 10.8. The van der Waals surface area contributed by atoms with Gasteiger partial charge >= 0.3 is 5.69 Å². The lowest BCUT2D eigenvalue weighted by Crippen LogP contribution is -2.25. The lowest BCUT2D eigenvalue weighted by molar-refractivity contribution is -0.384. The molecule has 0 spiro atoms. The van der Waals surface area contributed by atoms with Crippen molar-refractivity contribution in [1.82, 2.24) is 9.97 Å². The van der Waals surface area contributed by atoms with Crippen molar-refractivity contribution >= 4 is 17.5 Å². The number of hydrogen-bond acceptors (Lipinski definition) is 7. The second-order valence-electron chi connectivity index (χ2n) is 4.71. The van der Waals surface area contributed by atoms with Gasteiger partial charge in [0.15, 0.2) is 0 Å². The Labute approximate surface area is 104 Å².